The molecule has 0 spiro atoms. The molecular weight excluding hydrogens is 434 g/mol. The highest BCUT2D eigenvalue weighted by molar-refractivity contribution is 7.22. The van der Waals surface area contributed by atoms with Crippen molar-refractivity contribution in [2.45, 2.75) is 6.54 Å². The number of fused-ring (bicyclic) bond motifs is 2. The zero-order valence-corrected chi connectivity index (χ0v) is 18.0. The second kappa shape index (κ2) is 8.69. The highest BCUT2D eigenvalue weighted by Gasteiger charge is 2.21. The highest BCUT2D eigenvalue weighted by Crippen LogP contribution is 2.33. The maximum Gasteiger partial charge on any atom is 0.270 e. The fourth-order valence-corrected chi connectivity index (χ4v) is 4.76. The fraction of sp³-hybridized carbons (Fsp3) is 0.333. The molecular formula is C21H21N5O5S. The summed E-state index contributed by atoms with van der Waals surface area (Å²) in [6, 6.07) is 10.5. The van der Waals surface area contributed by atoms with Crippen LogP contribution in [0.1, 0.15) is 5.56 Å². The number of hydrogen-bond donors (Lipinski definition) is 1. The number of nitro benzene ring substituents is 1. The van der Waals surface area contributed by atoms with Gasteiger partial charge in [0.1, 0.15) is 0 Å². The first-order valence-electron chi connectivity index (χ1n) is 10.2. The van der Waals surface area contributed by atoms with Crippen LogP contribution in [0.4, 0.5) is 10.8 Å². The lowest BCUT2D eigenvalue weighted by atomic mass is 10.1. The van der Waals surface area contributed by atoms with Gasteiger partial charge in [-0.2, -0.15) is 0 Å². The van der Waals surface area contributed by atoms with Crippen molar-refractivity contribution in [3.05, 3.63) is 52.1 Å². The van der Waals surface area contributed by atoms with Crippen molar-refractivity contribution >= 4 is 38.3 Å². The molecule has 0 aliphatic carbocycles. The van der Waals surface area contributed by atoms with Crippen molar-refractivity contribution in [2.24, 2.45) is 0 Å². The number of non-ortho nitro benzene ring substituents is 1. The van der Waals surface area contributed by atoms with Crippen LogP contribution < -0.4 is 14.8 Å². The molecule has 10 nitrogen and oxygen atoms in total. The number of benzene rings is 2. The molecule has 1 N–H and O–H groups in total. The van der Waals surface area contributed by atoms with E-state index in [9.17, 15) is 14.9 Å². The lowest BCUT2D eigenvalue weighted by Gasteiger charge is -2.34. The SMILES string of the molecule is O=C(CN1CCN(Cc2ccc3c(c2)OCO3)CC1)Nc1nc2ccc([N+](=O)[O-])cc2s1. The van der Waals surface area contributed by atoms with Gasteiger partial charge >= 0.3 is 0 Å². The van der Waals surface area contributed by atoms with E-state index in [4.69, 9.17) is 9.47 Å². The van der Waals surface area contributed by atoms with E-state index in [1.165, 1.54) is 29.0 Å². The van der Waals surface area contributed by atoms with Gasteiger partial charge in [0.05, 0.1) is 21.7 Å². The molecule has 3 aromatic rings. The van der Waals surface area contributed by atoms with Gasteiger partial charge in [0.25, 0.3) is 5.69 Å². The summed E-state index contributed by atoms with van der Waals surface area (Å²) in [6.45, 7) is 4.71. The molecule has 0 unspecified atom stereocenters. The predicted molar refractivity (Wildman–Crippen MR) is 119 cm³/mol. The van der Waals surface area contributed by atoms with Gasteiger partial charge in [0.2, 0.25) is 12.7 Å². The van der Waals surface area contributed by atoms with Crippen LogP contribution in [0.15, 0.2) is 36.4 Å². The molecule has 0 atom stereocenters. The normalized spacial score (nSPS) is 16.4. The third-order valence-corrected chi connectivity index (χ3v) is 6.44. The molecule has 0 radical (unpaired) electrons. The number of amides is 1. The Bertz CT molecular complexity index is 1170. The minimum Gasteiger partial charge on any atom is -0.454 e. The molecule has 3 heterocycles. The van der Waals surface area contributed by atoms with Crippen LogP contribution in [0, 0.1) is 10.1 Å². The largest absolute Gasteiger partial charge is 0.454 e. The van der Waals surface area contributed by atoms with E-state index in [2.05, 4.69) is 26.2 Å². The van der Waals surface area contributed by atoms with Gasteiger partial charge in [-0.3, -0.25) is 24.7 Å². The van der Waals surface area contributed by atoms with E-state index in [0.717, 1.165) is 44.2 Å². The number of hydrogen-bond acceptors (Lipinski definition) is 9. The monoisotopic (exact) mass is 455 g/mol. The molecule has 2 aromatic carbocycles. The first kappa shape index (κ1) is 20.6. The average molecular weight is 455 g/mol. The summed E-state index contributed by atoms with van der Waals surface area (Å²) in [7, 11) is 0. The zero-order valence-electron chi connectivity index (χ0n) is 17.2. The van der Waals surface area contributed by atoms with Crippen LogP contribution in [0.25, 0.3) is 10.2 Å². The molecule has 1 aromatic heterocycles. The molecule has 11 heteroatoms. The van der Waals surface area contributed by atoms with Crippen molar-refractivity contribution < 1.29 is 19.2 Å². The average Bonchev–Trinajstić information content (AvgIpc) is 3.40. The number of ether oxygens (including phenoxy) is 2. The number of nitrogens with zero attached hydrogens (tertiary/aromatic N) is 4. The van der Waals surface area contributed by atoms with Crippen LogP contribution in [0.5, 0.6) is 11.5 Å². The summed E-state index contributed by atoms with van der Waals surface area (Å²) < 4.78 is 11.5. The summed E-state index contributed by atoms with van der Waals surface area (Å²) in [5.74, 6) is 1.45. The van der Waals surface area contributed by atoms with Gasteiger partial charge in [0, 0.05) is 44.9 Å². The van der Waals surface area contributed by atoms with Crippen LogP contribution in [0.3, 0.4) is 0 Å². The Kier molecular flexibility index (Phi) is 5.60. The van der Waals surface area contributed by atoms with E-state index < -0.39 is 4.92 Å². The smallest absolute Gasteiger partial charge is 0.270 e. The maximum absolute atomic E-state index is 12.5. The number of anilines is 1. The Hall–Kier alpha value is -3.28. The number of thiazole rings is 1. The maximum atomic E-state index is 12.5. The second-order valence-corrected chi connectivity index (χ2v) is 8.75. The molecule has 0 bridgehead atoms. The van der Waals surface area contributed by atoms with Crippen molar-refractivity contribution in [3.8, 4) is 11.5 Å². The number of carbonyl (C=O) groups excluding carboxylic acids is 1. The van der Waals surface area contributed by atoms with Gasteiger partial charge in [0.15, 0.2) is 16.6 Å². The zero-order chi connectivity index (χ0) is 22.1. The highest BCUT2D eigenvalue weighted by atomic mass is 32.1. The Labute approximate surface area is 187 Å². The van der Waals surface area contributed by atoms with Gasteiger partial charge in [-0.25, -0.2) is 4.98 Å². The van der Waals surface area contributed by atoms with Crippen LogP contribution in [-0.4, -0.2) is 65.1 Å². The van der Waals surface area contributed by atoms with Crippen molar-refractivity contribution in [1.29, 1.82) is 0 Å². The van der Waals surface area contributed by atoms with Crippen molar-refractivity contribution in [1.82, 2.24) is 14.8 Å². The van der Waals surface area contributed by atoms with E-state index >= 15 is 0 Å². The van der Waals surface area contributed by atoms with Gasteiger partial charge in [-0.15, -0.1) is 0 Å². The standard InChI is InChI=1S/C21H21N5O5S/c27-20(23-21-22-16-3-2-15(26(28)29)10-19(16)32-21)12-25-7-5-24(6-8-25)11-14-1-4-17-18(9-14)31-13-30-17/h1-4,9-10H,5-8,11-13H2,(H,22,23,27). The van der Waals surface area contributed by atoms with Crippen molar-refractivity contribution in [2.75, 3.05) is 44.8 Å². The molecule has 166 valence electrons. The van der Waals surface area contributed by atoms with Gasteiger partial charge in [-0.05, 0) is 23.8 Å². The number of aromatic nitrogens is 1. The minimum absolute atomic E-state index is 0.0117. The molecule has 1 saturated heterocycles. The third-order valence-electron chi connectivity index (χ3n) is 5.50. The molecule has 2 aliphatic rings. The number of rotatable bonds is 6. The topological polar surface area (TPSA) is 110 Å². The first-order chi connectivity index (χ1) is 15.5. The van der Waals surface area contributed by atoms with Crippen molar-refractivity contribution in [3.63, 3.8) is 0 Å². The Balaban J connectivity index is 1.11. The molecule has 1 fully saturated rings. The third kappa shape index (κ3) is 4.49. The number of nitro groups is 1. The van der Waals surface area contributed by atoms with Gasteiger partial charge < -0.3 is 14.8 Å². The van der Waals surface area contributed by atoms with E-state index in [1.54, 1.807) is 6.07 Å². The molecule has 0 saturated carbocycles. The van der Waals surface area contributed by atoms with E-state index in [1.807, 2.05) is 12.1 Å². The van der Waals surface area contributed by atoms with E-state index in [0.29, 0.717) is 15.3 Å². The Morgan fingerprint density at radius 1 is 1.09 bits per heavy atom. The summed E-state index contributed by atoms with van der Waals surface area (Å²) >= 11 is 1.24. The molecule has 2 aliphatic heterocycles. The molecule has 5 rings (SSSR count). The number of nitrogens with one attached hydrogen (secondary N) is 1. The molecule has 1 amide bonds. The Morgan fingerprint density at radius 3 is 2.69 bits per heavy atom. The predicted octanol–water partition coefficient (Wildman–Crippen LogP) is 2.69. The lowest BCUT2D eigenvalue weighted by molar-refractivity contribution is -0.384. The Morgan fingerprint density at radius 2 is 1.88 bits per heavy atom. The first-order valence-corrected chi connectivity index (χ1v) is 11.0. The van der Waals surface area contributed by atoms with Crippen LogP contribution >= 0.6 is 11.3 Å². The van der Waals surface area contributed by atoms with Crippen LogP contribution in [0.2, 0.25) is 0 Å². The number of carbonyl (C=O) groups is 1. The summed E-state index contributed by atoms with van der Waals surface area (Å²) in [5, 5.41) is 14.2. The van der Waals surface area contributed by atoms with E-state index in [-0.39, 0.29) is 24.9 Å². The summed E-state index contributed by atoms with van der Waals surface area (Å²) in [4.78, 5) is 31.8. The van der Waals surface area contributed by atoms with Crippen LogP contribution in [-0.2, 0) is 11.3 Å². The lowest BCUT2D eigenvalue weighted by Crippen LogP contribution is -2.48. The minimum atomic E-state index is -0.441. The number of piperazine rings is 1. The summed E-state index contributed by atoms with van der Waals surface area (Å²) in [6.07, 6.45) is 0. The molecule has 32 heavy (non-hydrogen) atoms. The fourth-order valence-electron chi connectivity index (χ4n) is 3.85. The summed E-state index contributed by atoms with van der Waals surface area (Å²) in [5.41, 5.74) is 1.82. The van der Waals surface area contributed by atoms with Gasteiger partial charge in [-0.1, -0.05) is 17.4 Å². The quantitative estimate of drug-likeness (QED) is 0.446. The second-order valence-electron chi connectivity index (χ2n) is 7.72.